The lowest BCUT2D eigenvalue weighted by Crippen LogP contribution is -2.43. The third-order valence-corrected chi connectivity index (χ3v) is 3.88. The number of carbonyl (C=O) groups excluding carboxylic acids is 1. The van der Waals surface area contributed by atoms with Gasteiger partial charge in [0.2, 0.25) is 0 Å². The Morgan fingerprint density at radius 2 is 1.94 bits per heavy atom. The van der Waals surface area contributed by atoms with Gasteiger partial charge in [-0.3, -0.25) is 4.79 Å². The topological polar surface area (TPSA) is 26.3 Å². The maximum Gasteiger partial charge on any atom is 0.164 e. The summed E-state index contributed by atoms with van der Waals surface area (Å²) >= 11 is 0. The second kappa shape index (κ2) is 6.39. The monoisotopic (exact) mass is 226 g/mol. The van der Waals surface area contributed by atoms with Crippen molar-refractivity contribution < 1.29 is 9.53 Å². The third kappa shape index (κ3) is 3.31. The third-order valence-electron chi connectivity index (χ3n) is 3.88. The quantitative estimate of drug-likeness (QED) is 0.689. The molecule has 1 atom stereocenters. The predicted molar refractivity (Wildman–Crippen MR) is 66.5 cm³/mol. The van der Waals surface area contributed by atoms with E-state index < -0.39 is 5.60 Å². The van der Waals surface area contributed by atoms with Crippen molar-refractivity contribution in [2.45, 2.75) is 70.8 Å². The van der Waals surface area contributed by atoms with Crippen LogP contribution in [0.15, 0.2) is 0 Å². The maximum atomic E-state index is 12.3. The number of ether oxygens (including phenoxy) is 1. The van der Waals surface area contributed by atoms with E-state index in [1.165, 1.54) is 6.42 Å². The highest BCUT2D eigenvalue weighted by Crippen LogP contribution is 2.34. The Hall–Kier alpha value is -0.370. The first-order chi connectivity index (χ1) is 7.64. The summed E-state index contributed by atoms with van der Waals surface area (Å²) in [5.41, 5.74) is -0.430. The Kier molecular flexibility index (Phi) is 5.47. The Morgan fingerprint density at radius 3 is 2.44 bits per heavy atom. The van der Waals surface area contributed by atoms with E-state index in [9.17, 15) is 4.79 Å². The number of carbonyl (C=O) groups is 1. The first-order valence-corrected chi connectivity index (χ1v) is 6.73. The molecule has 0 spiro atoms. The zero-order valence-corrected chi connectivity index (χ0v) is 11.1. The van der Waals surface area contributed by atoms with Gasteiger partial charge in [-0.2, -0.15) is 0 Å². The number of methoxy groups -OCH3 is 1. The molecule has 2 nitrogen and oxygen atoms in total. The van der Waals surface area contributed by atoms with Crippen molar-refractivity contribution in [2.24, 2.45) is 5.92 Å². The van der Waals surface area contributed by atoms with Crippen molar-refractivity contribution in [2.75, 3.05) is 7.11 Å². The maximum absolute atomic E-state index is 12.3. The molecule has 0 aromatic heterocycles. The van der Waals surface area contributed by atoms with Crippen LogP contribution >= 0.6 is 0 Å². The molecular formula is C14H26O2. The van der Waals surface area contributed by atoms with Gasteiger partial charge in [-0.05, 0) is 18.8 Å². The van der Waals surface area contributed by atoms with Crippen LogP contribution in [0.5, 0.6) is 0 Å². The second-order valence-corrected chi connectivity index (χ2v) is 5.28. The zero-order chi connectivity index (χ0) is 12.0. The van der Waals surface area contributed by atoms with Crippen LogP contribution in [-0.2, 0) is 9.53 Å². The molecule has 0 aromatic carbocycles. The van der Waals surface area contributed by atoms with E-state index in [0.29, 0.717) is 18.1 Å². The smallest absolute Gasteiger partial charge is 0.164 e. The zero-order valence-electron chi connectivity index (χ0n) is 11.1. The number of hydrogen-bond donors (Lipinski definition) is 0. The highest BCUT2D eigenvalue weighted by molar-refractivity contribution is 5.87. The highest BCUT2D eigenvalue weighted by atomic mass is 16.5. The molecule has 16 heavy (non-hydrogen) atoms. The van der Waals surface area contributed by atoms with E-state index in [2.05, 4.69) is 13.8 Å². The first kappa shape index (κ1) is 13.7. The second-order valence-electron chi connectivity index (χ2n) is 5.28. The molecular weight excluding hydrogens is 200 g/mol. The van der Waals surface area contributed by atoms with E-state index in [-0.39, 0.29) is 0 Å². The van der Waals surface area contributed by atoms with Crippen LogP contribution in [0.2, 0.25) is 0 Å². The van der Waals surface area contributed by atoms with Gasteiger partial charge in [0.1, 0.15) is 5.60 Å². The van der Waals surface area contributed by atoms with E-state index in [1.807, 2.05) is 0 Å². The lowest BCUT2D eigenvalue weighted by Gasteiger charge is -2.35. The van der Waals surface area contributed by atoms with Gasteiger partial charge in [0.25, 0.3) is 0 Å². The van der Waals surface area contributed by atoms with E-state index in [1.54, 1.807) is 7.11 Å². The molecule has 1 aliphatic rings. The molecule has 1 fully saturated rings. The van der Waals surface area contributed by atoms with Crippen LogP contribution in [-0.4, -0.2) is 18.5 Å². The summed E-state index contributed by atoms with van der Waals surface area (Å²) in [7, 11) is 1.70. The van der Waals surface area contributed by atoms with Crippen molar-refractivity contribution in [3.8, 4) is 0 Å². The first-order valence-electron chi connectivity index (χ1n) is 6.73. The number of ketones is 1. The Balaban J connectivity index is 2.54. The van der Waals surface area contributed by atoms with Crippen molar-refractivity contribution in [1.82, 2.24) is 0 Å². The summed E-state index contributed by atoms with van der Waals surface area (Å²) in [5.74, 6) is 0.849. The molecule has 0 amide bonds. The minimum Gasteiger partial charge on any atom is -0.370 e. The molecule has 0 radical (unpaired) electrons. The fraction of sp³-hybridized carbons (Fsp3) is 0.929. The molecule has 1 unspecified atom stereocenters. The Labute approximate surface area is 99.8 Å². The predicted octanol–water partition coefficient (Wildman–Crippen LogP) is 3.73. The summed E-state index contributed by atoms with van der Waals surface area (Å²) < 4.78 is 5.57. The molecule has 1 aliphatic carbocycles. The number of Topliss-reactive ketones (excluding diaryl/α,β-unsaturated/α-hetero) is 1. The minimum atomic E-state index is -0.430. The van der Waals surface area contributed by atoms with Crippen molar-refractivity contribution in [3.05, 3.63) is 0 Å². The fourth-order valence-corrected chi connectivity index (χ4v) is 2.82. The molecule has 1 rings (SSSR count). The average Bonchev–Trinajstić information content (AvgIpc) is 2.30. The van der Waals surface area contributed by atoms with Crippen LogP contribution < -0.4 is 0 Å². The van der Waals surface area contributed by atoms with Crippen molar-refractivity contribution in [3.63, 3.8) is 0 Å². The van der Waals surface area contributed by atoms with Crippen molar-refractivity contribution in [1.29, 1.82) is 0 Å². The normalized spacial score (nSPS) is 21.7. The molecule has 94 valence electrons. The van der Waals surface area contributed by atoms with Gasteiger partial charge >= 0.3 is 0 Å². The van der Waals surface area contributed by atoms with Gasteiger partial charge in [-0.25, -0.2) is 0 Å². The van der Waals surface area contributed by atoms with E-state index in [0.717, 1.165) is 38.5 Å². The molecule has 0 heterocycles. The number of rotatable bonds is 6. The molecule has 1 saturated carbocycles. The molecule has 0 N–H and O–H groups in total. The van der Waals surface area contributed by atoms with Gasteiger partial charge in [-0.15, -0.1) is 0 Å². The molecule has 2 heteroatoms. The summed E-state index contributed by atoms with van der Waals surface area (Å²) in [6, 6.07) is 0. The van der Waals surface area contributed by atoms with Crippen LogP contribution in [0, 0.1) is 5.92 Å². The van der Waals surface area contributed by atoms with Crippen LogP contribution in [0.1, 0.15) is 65.2 Å². The summed E-state index contributed by atoms with van der Waals surface area (Å²) in [6.07, 6.45) is 8.40. The lowest BCUT2D eigenvalue weighted by molar-refractivity contribution is -0.146. The number of hydrogen-bond acceptors (Lipinski definition) is 2. The van der Waals surface area contributed by atoms with Crippen molar-refractivity contribution >= 4 is 5.78 Å². The largest absolute Gasteiger partial charge is 0.370 e. The standard InChI is InChI=1S/C14H26O2/c1-4-8-12(2)11-13(15)14(16-3)9-6-5-7-10-14/h12H,4-11H2,1-3H3. The SMILES string of the molecule is CCCC(C)CC(=O)C1(OC)CCCCC1. The highest BCUT2D eigenvalue weighted by Gasteiger charge is 2.39. The van der Waals surface area contributed by atoms with Crippen LogP contribution in [0.3, 0.4) is 0 Å². The Morgan fingerprint density at radius 1 is 1.31 bits per heavy atom. The minimum absolute atomic E-state index is 0.343. The Bertz CT molecular complexity index is 217. The van der Waals surface area contributed by atoms with Crippen LogP contribution in [0.4, 0.5) is 0 Å². The molecule has 0 saturated heterocycles. The molecule has 0 aliphatic heterocycles. The lowest BCUT2D eigenvalue weighted by atomic mass is 9.78. The van der Waals surface area contributed by atoms with Gasteiger partial charge < -0.3 is 4.74 Å². The summed E-state index contributed by atoms with van der Waals surface area (Å²) in [4.78, 5) is 12.3. The van der Waals surface area contributed by atoms with E-state index >= 15 is 0 Å². The molecule has 0 bridgehead atoms. The molecule has 0 aromatic rings. The van der Waals surface area contributed by atoms with E-state index in [4.69, 9.17) is 4.74 Å². The van der Waals surface area contributed by atoms with Gasteiger partial charge in [0, 0.05) is 13.5 Å². The van der Waals surface area contributed by atoms with Gasteiger partial charge in [0.05, 0.1) is 0 Å². The van der Waals surface area contributed by atoms with Gasteiger partial charge in [-0.1, -0.05) is 46.0 Å². The van der Waals surface area contributed by atoms with Crippen LogP contribution in [0.25, 0.3) is 0 Å². The summed E-state index contributed by atoms with van der Waals surface area (Å²) in [6.45, 7) is 4.35. The van der Waals surface area contributed by atoms with Gasteiger partial charge in [0.15, 0.2) is 5.78 Å². The average molecular weight is 226 g/mol. The summed E-state index contributed by atoms with van der Waals surface area (Å²) in [5, 5.41) is 0. The fourth-order valence-electron chi connectivity index (χ4n) is 2.82.